The average Bonchev–Trinajstić information content (AvgIpc) is 0. The molecule has 0 aliphatic heterocycles. The van der Waals surface area contributed by atoms with Crippen molar-refractivity contribution in [3.05, 3.63) is 0 Å². The summed E-state index contributed by atoms with van der Waals surface area (Å²) in [6.45, 7) is 0. The molecule has 4 heteroatoms. The zero-order chi connectivity index (χ0) is 0. The quantitative estimate of drug-likeness (QED) is 0.361. The van der Waals surface area contributed by atoms with Gasteiger partial charge in [0.25, 0.3) is 0 Å². The van der Waals surface area contributed by atoms with E-state index in [4.69, 9.17) is 0 Å². The summed E-state index contributed by atoms with van der Waals surface area (Å²) in [6, 6.07) is 0. The zero-order valence-corrected chi connectivity index (χ0v) is 14.3. The van der Waals surface area contributed by atoms with Gasteiger partial charge in [-0.2, -0.15) is 0 Å². The maximum absolute atomic E-state index is 0. The van der Waals surface area contributed by atoms with Crippen LogP contribution in [-0.4, -0.2) is 74.0 Å². The molecule has 0 unspecified atom stereocenters. The van der Waals surface area contributed by atoms with Gasteiger partial charge in [-0.1, -0.05) is 0 Å². The summed E-state index contributed by atoms with van der Waals surface area (Å²) in [5.41, 5.74) is 0. The predicted molar refractivity (Wildman–Crippen MR) is 17.3 cm³/mol. The number of hydrogen-bond acceptors (Lipinski definition) is 0. The molecule has 0 heterocycles. The van der Waals surface area contributed by atoms with E-state index in [1.54, 1.807) is 0 Å². The van der Waals surface area contributed by atoms with Gasteiger partial charge < -0.3 is 0 Å². The Labute approximate surface area is 91.7 Å². The normalized spacial score (nSPS) is 0. The maximum atomic E-state index is 0. The first-order chi connectivity index (χ1) is 0. The minimum Gasteiger partial charge on any atom is 0 e. The molecule has 15 valence electrons. The van der Waals surface area contributed by atoms with Gasteiger partial charge in [-0.15, -0.1) is 0 Å². The summed E-state index contributed by atoms with van der Waals surface area (Å²) in [7, 11) is 0. The molecule has 0 spiro atoms. The van der Waals surface area contributed by atoms with Crippen molar-refractivity contribution in [2.75, 3.05) is 0 Å². The predicted octanol–water partition coefficient (Wildman–Crippen LogP) is -1.14. The van der Waals surface area contributed by atoms with E-state index < -0.39 is 0 Å². The van der Waals surface area contributed by atoms with E-state index in [1.165, 1.54) is 0 Å². The molecule has 0 bridgehead atoms. The van der Waals surface area contributed by atoms with Gasteiger partial charge in [-0.05, 0) is 0 Å². The summed E-state index contributed by atoms with van der Waals surface area (Å²) in [4.78, 5) is 0. The van der Waals surface area contributed by atoms with E-state index in [9.17, 15) is 0 Å². The largest absolute Gasteiger partial charge is 0 e. The van der Waals surface area contributed by atoms with Crippen LogP contribution in [0.25, 0.3) is 0 Å². The smallest absolute Gasteiger partial charge is 0 e. The zero-order valence-electron chi connectivity index (χ0n) is 2.15. The summed E-state index contributed by atoms with van der Waals surface area (Å²) < 4.78 is 0. The van der Waals surface area contributed by atoms with E-state index in [-0.39, 0.29) is 93.5 Å². The van der Waals surface area contributed by atoms with Gasteiger partial charge in [-0.25, -0.2) is 0 Å². The van der Waals surface area contributed by atoms with Crippen LogP contribution in [0.15, 0.2) is 0 Å². The van der Waals surface area contributed by atoms with Gasteiger partial charge in [0, 0.05) is 93.5 Å². The summed E-state index contributed by atoms with van der Waals surface area (Å²) >= 11 is 0. The Morgan fingerprint density at radius 3 is 0.750 bits per heavy atom. The van der Waals surface area contributed by atoms with Crippen LogP contribution in [0.2, 0.25) is 0 Å². The second-order valence-electron chi connectivity index (χ2n) is 0. The van der Waals surface area contributed by atoms with Crippen molar-refractivity contribution in [1.82, 2.24) is 0 Å². The Balaban J connectivity index is 0. The van der Waals surface area contributed by atoms with Crippen LogP contribution in [0.3, 0.4) is 0 Å². The third kappa shape index (κ3) is 8.92. The minimum absolute atomic E-state index is 0. The Morgan fingerprint density at radius 2 is 0.750 bits per heavy atom. The molecule has 0 nitrogen and oxygen atoms in total. The van der Waals surface area contributed by atoms with Crippen LogP contribution in [0.1, 0.15) is 0 Å². The molecule has 0 saturated carbocycles. The number of rotatable bonds is 0. The molecule has 0 aromatic heterocycles. The topological polar surface area (TPSA) is 0 Å². The Morgan fingerprint density at radius 1 is 0.750 bits per heavy atom. The fraction of sp³-hybridized carbons (Fsp3) is 0. The first-order valence-electron chi connectivity index (χ1n) is 0. The Kier molecular flexibility index (Phi) is 113. The molecule has 0 aliphatic carbocycles. The van der Waals surface area contributed by atoms with Gasteiger partial charge in [-0.3, -0.25) is 0 Å². The van der Waals surface area contributed by atoms with Crippen LogP contribution in [0, 0.1) is 0 Å². The van der Waals surface area contributed by atoms with Crippen molar-refractivity contribution in [3.63, 3.8) is 0 Å². The summed E-state index contributed by atoms with van der Waals surface area (Å²) in [5.74, 6) is 0. The monoisotopic (exact) mass is 513 g/mol. The van der Waals surface area contributed by atoms with Crippen LogP contribution >= 0.6 is 0 Å². The van der Waals surface area contributed by atoms with Crippen LogP contribution in [0.4, 0.5) is 0 Å². The summed E-state index contributed by atoms with van der Waals surface area (Å²) in [5, 5.41) is 0. The second kappa shape index (κ2) is 16.5. The van der Waals surface area contributed by atoms with Crippen molar-refractivity contribution in [2.45, 2.75) is 0 Å². The molecule has 11 radical (unpaired) electrons. The molecule has 0 aromatic rings. The molecule has 0 fully saturated rings. The molecule has 0 aromatic carbocycles. The average molecular weight is 512 g/mol. The van der Waals surface area contributed by atoms with Crippen LogP contribution < -0.4 is 0 Å². The molecule has 4 heavy (non-hydrogen) atoms. The summed E-state index contributed by atoms with van der Waals surface area (Å²) in [6.07, 6.45) is 0. The molecule has 0 atom stereocenters. The van der Waals surface area contributed by atoms with Crippen molar-refractivity contribution < 1.29 is 19.5 Å². The van der Waals surface area contributed by atoms with Gasteiger partial charge in [0.1, 0.15) is 0 Å². The SMILES string of the molecule is [Bi].[Sn].[Sn].[Zn]. The third-order valence-electron chi connectivity index (χ3n) is 0. The molecule has 0 rings (SSSR count). The second-order valence-corrected chi connectivity index (χ2v) is 0. The van der Waals surface area contributed by atoms with Crippen molar-refractivity contribution in [2.24, 2.45) is 0 Å². The van der Waals surface area contributed by atoms with E-state index in [0.717, 1.165) is 0 Å². The molecular weight excluding hydrogens is 512 g/mol. The first kappa shape index (κ1) is 27.5. The maximum Gasteiger partial charge on any atom is 0 e. The molecular formula is BiSn2Zn. The van der Waals surface area contributed by atoms with Gasteiger partial charge >= 0.3 is 0 Å². The molecule has 0 amide bonds. The standard InChI is InChI=1S/Bi.2Sn.Zn. The van der Waals surface area contributed by atoms with E-state index >= 15 is 0 Å². The van der Waals surface area contributed by atoms with E-state index in [2.05, 4.69) is 0 Å². The third-order valence-corrected chi connectivity index (χ3v) is 0. The van der Waals surface area contributed by atoms with Crippen LogP contribution in [0.5, 0.6) is 0 Å². The van der Waals surface area contributed by atoms with Crippen molar-refractivity contribution in [3.8, 4) is 0 Å². The Hall–Kier alpha value is 3.10. The van der Waals surface area contributed by atoms with E-state index in [0.29, 0.717) is 0 Å². The fourth-order valence-corrected chi connectivity index (χ4v) is 0. The molecule has 0 aliphatic rings. The van der Waals surface area contributed by atoms with E-state index in [1.807, 2.05) is 0 Å². The van der Waals surface area contributed by atoms with Gasteiger partial charge in [0.05, 0.1) is 0 Å². The molecule has 0 saturated heterocycles. The van der Waals surface area contributed by atoms with Gasteiger partial charge in [0.15, 0.2) is 0 Å². The Bertz CT molecular complexity index is 6.00. The molecule has 0 N–H and O–H groups in total. The number of hydrogen-bond donors (Lipinski definition) is 0. The van der Waals surface area contributed by atoms with Crippen molar-refractivity contribution >= 4 is 74.0 Å². The van der Waals surface area contributed by atoms with Gasteiger partial charge in [0.2, 0.25) is 0 Å². The fourth-order valence-electron chi connectivity index (χ4n) is 0. The van der Waals surface area contributed by atoms with Crippen molar-refractivity contribution in [1.29, 1.82) is 0 Å². The first-order valence-corrected chi connectivity index (χ1v) is 0. The minimum atomic E-state index is 0. The van der Waals surface area contributed by atoms with Crippen LogP contribution in [-0.2, 0) is 19.5 Å².